The maximum absolute atomic E-state index is 13.6. The van der Waals surface area contributed by atoms with Crippen molar-refractivity contribution in [1.29, 1.82) is 0 Å². The third-order valence-electron chi connectivity index (χ3n) is 6.24. The molecule has 8 heteroatoms. The lowest BCUT2D eigenvalue weighted by Gasteiger charge is -2.42. The van der Waals surface area contributed by atoms with E-state index < -0.39 is 5.41 Å². The summed E-state index contributed by atoms with van der Waals surface area (Å²) in [6.45, 7) is 6.73. The molecule has 0 unspecified atom stereocenters. The number of nitrogens with one attached hydrogen (secondary N) is 2. The molecule has 3 heterocycles. The van der Waals surface area contributed by atoms with E-state index in [0.717, 1.165) is 28.8 Å². The second-order valence-corrected chi connectivity index (χ2v) is 9.11. The van der Waals surface area contributed by atoms with E-state index >= 15 is 0 Å². The van der Waals surface area contributed by atoms with Crippen LogP contribution in [0.3, 0.4) is 0 Å². The average Bonchev–Trinajstić information content (AvgIpc) is 3.25. The molecule has 0 spiro atoms. The molecule has 2 N–H and O–H groups in total. The van der Waals surface area contributed by atoms with Crippen LogP contribution in [-0.2, 0) is 11.2 Å². The average molecular weight is 447 g/mol. The number of likely N-dealkylation sites (tertiary alicyclic amines) is 1. The van der Waals surface area contributed by atoms with Crippen molar-refractivity contribution in [3.05, 3.63) is 66.0 Å². The monoisotopic (exact) mass is 446 g/mol. The molecule has 1 aliphatic rings. The van der Waals surface area contributed by atoms with Crippen molar-refractivity contribution >= 4 is 11.8 Å². The number of aromatic amines is 1. The van der Waals surface area contributed by atoms with Crippen LogP contribution in [0.5, 0.6) is 0 Å². The highest BCUT2D eigenvalue weighted by atomic mass is 16.2. The molecule has 172 valence electrons. The van der Waals surface area contributed by atoms with Crippen molar-refractivity contribution in [1.82, 2.24) is 30.4 Å². The lowest BCUT2D eigenvalue weighted by molar-refractivity contribution is -0.134. The van der Waals surface area contributed by atoms with E-state index in [9.17, 15) is 9.59 Å². The highest BCUT2D eigenvalue weighted by molar-refractivity contribution is 5.96. The second-order valence-electron chi connectivity index (χ2n) is 9.11. The molecule has 33 heavy (non-hydrogen) atoms. The molecule has 0 aliphatic carbocycles. The Morgan fingerprint density at radius 1 is 1.18 bits per heavy atom. The van der Waals surface area contributed by atoms with E-state index in [0.29, 0.717) is 31.5 Å². The van der Waals surface area contributed by atoms with Gasteiger partial charge in [-0.1, -0.05) is 24.3 Å². The molecule has 1 atom stereocenters. The molecule has 2 aromatic heterocycles. The highest BCUT2D eigenvalue weighted by Gasteiger charge is 2.44. The van der Waals surface area contributed by atoms with Crippen molar-refractivity contribution in [3.63, 3.8) is 0 Å². The number of amides is 2. The van der Waals surface area contributed by atoms with E-state index in [-0.39, 0.29) is 17.9 Å². The molecule has 8 nitrogen and oxygen atoms in total. The molecular weight excluding hydrogens is 416 g/mol. The number of aromatic nitrogens is 4. The Hall–Kier alpha value is -3.55. The van der Waals surface area contributed by atoms with Crippen LogP contribution >= 0.6 is 0 Å². The minimum absolute atomic E-state index is 0.00865. The summed E-state index contributed by atoms with van der Waals surface area (Å²) in [4.78, 5) is 37.0. The molecule has 4 rings (SSSR count). The largest absolute Gasteiger partial charge is 0.353 e. The fourth-order valence-corrected chi connectivity index (χ4v) is 4.63. The van der Waals surface area contributed by atoms with Gasteiger partial charge in [0.25, 0.3) is 5.91 Å². The Bertz CT molecular complexity index is 1130. The summed E-state index contributed by atoms with van der Waals surface area (Å²) in [6.07, 6.45) is 8.62. The molecule has 3 aromatic rings. The molecule has 0 radical (unpaired) electrons. The molecule has 1 fully saturated rings. The van der Waals surface area contributed by atoms with Crippen LogP contribution in [0, 0.1) is 12.3 Å². The smallest absolute Gasteiger partial charge is 0.257 e. The van der Waals surface area contributed by atoms with Gasteiger partial charge in [0.1, 0.15) is 6.33 Å². The van der Waals surface area contributed by atoms with Crippen LogP contribution in [0.1, 0.15) is 48.3 Å². The van der Waals surface area contributed by atoms with E-state index in [1.165, 1.54) is 6.33 Å². The van der Waals surface area contributed by atoms with E-state index in [1.807, 2.05) is 45.0 Å². The SMILES string of the molecule is Cc1[nH]ncc1C(=O)N1CCC[C@](Cc2ccccc2-c2cncnc2)(C(=O)NC(C)C)C1. The quantitative estimate of drug-likeness (QED) is 0.605. The Balaban J connectivity index is 1.70. The number of piperidine rings is 1. The lowest BCUT2D eigenvalue weighted by atomic mass is 9.73. The number of rotatable bonds is 6. The van der Waals surface area contributed by atoms with Gasteiger partial charge in [-0.05, 0) is 51.2 Å². The first-order valence-electron chi connectivity index (χ1n) is 11.3. The predicted octanol–water partition coefficient (Wildman–Crippen LogP) is 3.16. The van der Waals surface area contributed by atoms with Gasteiger partial charge >= 0.3 is 0 Å². The third kappa shape index (κ3) is 4.79. The standard InChI is InChI=1S/C25H30N6O2/c1-17(2)29-24(33)25(9-6-10-31(15-25)23(32)22-14-28-30-18(22)3)11-19-7-4-5-8-21(19)20-12-26-16-27-13-20/h4-5,7-8,12-14,16-17H,6,9-11,15H2,1-3H3,(H,28,30)(H,29,33)/t25-/m1/s1. The minimum Gasteiger partial charge on any atom is -0.353 e. The van der Waals surface area contributed by atoms with Crippen LogP contribution in [0.15, 0.2) is 49.2 Å². The number of hydrogen-bond donors (Lipinski definition) is 2. The number of carbonyl (C=O) groups excluding carboxylic acids is 2. The van der Waals surface area contributed by atoms with Gasteiger partial charge in [-0.2, -0.15) is 5.10 Å². The first kappa shape index (κ1) is 22.6. The molecule has 1 saturated heterocycles. The summed E-state index contributed by atoms with van der Waals surface area (Å²) in [5, 5.41) is 9.95. The molecule has 1 aliphatic heterocycles. The normalized spacial score (nSPS) is 18.4. The van der Waals surface area contributed by atoms with Crippen molar-refractivity contribution in [2.75, 3.05) is 13.1 Å². The molecular formula is C25H30N6O2. The zero-order chi connectivity index (χ0) is 23.4. The second kappa shape index (κ2) is 9.52. The van der Waals surface area contributed by atoms with Gasteiger partial charge in [0, 0.05) is 42.8 Å². The van der Waals surface area contributed by atoms with Crippen LogP contribution in [0.2, 0.25) is 0 Å². The zero-order valence-electron chi connectivity index (χ0n) is 19.3. The van der Waals surface area contributed by atoms with Crippen molar-refractivity contribution in [2.45, 2.75) is 46.1 Å². The number of H-pyrrole nitrogens is 1. The molecule has 1 aromatic carbocycles. The number of benzene rings is 1. The van der Waals surface area contributed by atoms with Gasteiger partial charge in [0.15, 0.2) is 0 Å². The van der Waals surface area contributed by atoms with Gasteiger partial charge in [-0.25, -0.2) is 9.97 Å². The van der Waals surface area contributed by atoms with Crippen molar-refractivity contribution in [2.24, 2.45) is 5.41 Å². The van der Waals surface area contributed by atoms with Gasteiger partial charge < -0.3 is 10.2 Å². The zero-order valence-corrected chi connectivity index (χ0v) is 19.3. The van der Waals surface area contributed by atoms with E-state index in [4.69, 9.17) is 0 Å². The Kier molecular flexibility index (Phi) is 6.53. The minimum atomic E-state index is -0.735. The fraction of sp³-hybridized carbons (Fsp3) is 0.400. The van der Waals surface area contributed by atoms with Crippen LogP contribution in [-0.4, -0.2) is 56.0 Å². The Morgan fingerprint density at radius 3 is 2.64 bits per heavy atom. The van der Waals surface area contributed by atoms with Crippen LogP contribution in [0.25, 0.3) is 11.1 Å². The lowest BCUT2D eigenvalue weighted by Crippen LogP contribution is -2.55. The third-order valence-corrected chi connectivity index (χ3v) is 6.24. The summed E-state index contributed by atoms with van der Waals surface area (Å²) in [7, 11) is 0. The number of nitrogens with zero attached hydrogens (tertiary/aromatic N) is 4. The molecule has 0 bridgehead atoms. The first-order valence-corrected chi connectivity index (χ1v) is 11.3. The van der Waals surface area contributed by atoms with E-state index in [2.05, 4.69) is 25.5 Å². The maximum Gasteiger partial charge on any atom is 0.257 e. The molecule has 2 amide bonds. The van der Waals surface area contributed by atoms with Gasteiger partial charge in [0.05, 0.1) is 17.2 Å². The van der Waals surface area contributed by atoms with Crippen LogP contribution < -0.4 is 5.32 Å². The molecule has 0 saturated carbocycles. The topological polar surface area (TPSA) is 104 Å². The number of hydrogen-bond acceptors (Lipinski definition) is 5. The van der Waals surface area contributed by atoms with Gasteiger partial charge in [-0.3, -0.25) is 14.7 Å². The van der Waals surface area contributed by atoms with Crippen molar-refractivity contribution in [3.8, 4) is 11.1 Å². The maximum atomic E-state index is 13.6. The Morgan fingerprint density at radius 2 is 1.94 bits per heavy atom. The fourth-order valence-electron chi connectivity index (χ4n) is 4.63. The first-order chi connectivity index (χ1) is 15.9. The summed E-state index contributed by atoms with van der Waals surface area (Å²) in [5.74, 6) is -0.106. The number of aryl methyl sites for hydroxylation is 1. The Labute approximate surface area is 193 Å². The number of carbonyl (C=O) groups is 2. The van der Waals surface area contributed by atoms with Crippen LogP contribution in [0.4, 0.5) is 0 Å². The van der Waals surface area contributed by atoms with Gasteiger partial charge in [0.2, 0.25) is 5.91 Å². The summed E-state index contributed by atoms with van der Waals surface area (Å²) < 4.78 is 0. The summed E-state index contributed by atoms with van der Waals surface area (Å²) in [5.41, 5.74) is 3.50. The van der Waals surface area contributed by atoms with Crippen molar-refractivity contribution < 1.29 is 9.59 Å². The predicted molar refractivity (Wildman–Crippen MR) is 125 cm³/mol. The summed E-state index contributed by atoms with van der Waals surface area (Å²) >= 11 is 0. The van der Waals surface area contributed by atoms with E-state index in [1.54, 1.807) is 23.5 Å². The van der Waals surface area contributed by atoms with Gasteiger partial charge in [-0.15, -0.1) is 0 Å². The highest BCUT2D eigenvalue weighted by Crippen LogP contribution is 2.37. The summed E-state index contributed by atoms with van der Waals surface area (Å²) in [6, 6.07) is 8.05.